The first-order valence-corrected chi connectivity index (χ1v) is 4.91. The van der Waals surface area contributed by atoms with E-state index in [1.807, 2.05) is 13.1 Å². The second-order valence-corrected chi connectivity index (χ2v) is 4.83. The molecule has 56 valence electrons. The number of hydrogen-bond donors (Lipinski definition) is 1. The molecule has 0 saturated carbocycles. The van der Waals surface area contributed by atoms with Crippen molar-refractivity contribution in [2.45, 2.75) is 4.90 Å². The van der Waals surface area contributed by atoms with Gasteiger partial charge in [0.05, 0.1) is 9.23 Å². The number of thiophene rings is 1. The number of halogens is 2. The van der Waals surface area contributed by atoms with Gasteiger partial charge in [0, 0.05) is 0 Å². The summed E-state index contributed by atoms with van der Waals surface area (Å²) in [7, 11) is 1.84. The molecular formula is C5H5Cl2NS2. The monoisotopic (exact) mass is 213 g/mol. The van der Waals surface area contributed by atoms with Gasteiger partial charge in [-0.05, 0) is 25.1 Å². The largest absolute Gasteiger partial charge is 0.263 e. The van der Waals surface area contributed by atoms with Gasteiger partial charge in [0.15, 0.2) is 0 Å². The maximum atomic E-state index is 5.80. The minimum absolute atomic E-state index is 0.725. The summed E-state index contributed by atoms with van der Waals surface area (Å²) < 4.78 is 4.38. The van der Waals surface area contributed by atoms with Gasteiger partial charge in [-0.15, -0.1) is 11.3 Å². The molecule has 1 aromatic heterocycles. The second-order valence-electron chi connectivity index (χ2n) is 1.49. The zero-order valence-electron chi connectivity index (χ0n) is 5.15. The minimum atomic E-state index is 0.725. The topological polar surface area (TPSA) is 12.0 Å². The Morgan fingerprint density at radius 1 is 1.60 bits per heavy atom. The molecule has 0 bridgehead atoms. The van der Waals surface area contributed by atoms with Crippen LogP contribution in [0.15, 0.2) is 11.0 Å². The summed E-state index contributed by atoms with van der Waals surface area (Å²) in [5, 5.41) is 0. The Morgan fingerprint density at radius 2 is 2.30 bits per heavy atom. The van der Waals surface area contributed by atoms with Crippen LogP contribution in [0.5, 0.6) is 0 Å². The van der Waals surface area contributed by atoms with E-state index in [0.717, 1.165) is 13.6 Å². The highest BCUT2D eigenvalue weighted by molar-refractivity contribution is 7.97. The molecule has 0 aliphatic carbocycles. The van der Waals surface area contributed by atoms with E-state index in [9.17, 15) is 0 Å². The lowest BCUT2D eigenvalue weighted by Gasteiger charge is -1.92. The smallest absolute Gasteiger partial charge is 0.109 e. The van der Waals surface area contributed by atoms with Crippen LogP contribution in [0, 0.1) is 0 Å². The van der Waals surface area contributed by atoms with Gasteiger partial charge in [0.1, 0.15) is 4.34 Å². The van der Waals surface area contributed by atoms with Crippen LogP contribution in [0.1, 0.15) is 0 Å². The van der Waals surface area contributed by atoms with Gasteiger partial charge in [-0.1, -0.05) is 23.2 Å². The zero-order chi connectivity index (χ0) is 7.56. The molecule has 1 nitrogen and oxygen atoms in total. The minimum Gasteiger partial charge on any atom is -0.263 e. The second kappa shape index (κ2) is 3.83. The van der Waals surface area contributed by atoms with Crippen molar-refractivity contribution >= 4 is 46.5 Å². The van der Waals surface area contributed by atoms with Crippen molar-refractivity contribution in [1.29, 1.82) is 0 Å². The van der Waals surface area contributed by atoms with Crippen LogP contribution in [0.3, 0.4) is 0 Å². The van der Waals surface area contributed by atoms with Gasteiger partial charge >= 0.3 is 0 Å². The lowest BCUT2D eigenvalue weighted by atomic mass is 10.7. The van der Waals surface area contributed by atoms with Crippen molar-refractivity contribution in [3.05, 3.63) is 14.7 Å². The fourth-order valence-corrected chi connectivity index (χ4v) is 2.76. The normalized spacial score (nSPS) is 10.3. The molecule has 10 heavy (non-hydrogen) atoms. The summed E-state index contributed by atoms with van der Waals surface area (Å²) in [6.45, 7) is 0. The third-order valence-electron chi connectivity index (χ3n) is 0.837. The van der Waals surface area contributed by atoms with Crippen LogP contribution >= 0.6 is 46.5 Å². The van der Waals surface area contributed by atoms with E-state index in [0.29, 0.717) is 0 Å². The SMILES string of the molecule is CNSc1cc(Cl)sc1Cl. The van der Waals surface area contributed by atoms with Gasteiger partial charge < -0.3 is 0 Å². The summed E-state index contributed by atoms with van der Waals surface area (Å²) >= 11 is 14.3. The first kappa shape index (κ1) is 8.68. The fraction of sp³-hybridized carbons (Fsp3) is 0.200. The van der Waals surface area contributed by atoms with Crippen LogP contribution in [-0.4, -0.2) is 7.05 Å². The highest BCUT2D eigenvalue weighted by Crippen LogP contribution is 2.36. The molecular weight excluding hydrogens is 209 g/mol. The Labute approximate surface area is 77.9 Å². The average Bonchev–Trinajstić information content (AvgIpc) is 2.13. The van der Waals surface area contributed by atoms with Crippen LogP contribution < -0.4 is 4.72 Å². The van der Waals surface area contributed by atoms with Gasteiger partial charge in [-0.3, -0.25) is 4.72 Å². The van der Waals surface area contributed by atoms with Gasteiger partial charge in [0.2, 0.25) is 0 Å². The maximum Gasteiger partial charge on any atom is 0.109 e. The van der Waals surface area contributed by atoms with Crippen molar-refractivity contribution in [2.75, 3.05) is 7.05 Å². The molecule has 0 amide bonds. The Hall–Kier alpha value is 0.590. The summed E-state index contributed by atoms with van der Waals surface area (Å²) in [6.07, 6.45) is 0. The molecule has 1 rings (SSSR count). The van der Waals surface area contributed by atoms with Crippen LogP contribution in [0.25, 0.3) is 0 Å². The van der Waals surface area contributed by atoms with Crippen molar-refractivity contribution in [2.24, 2.45) is 0 Å². The average molecular weight is 214 g/mol. The summed E-state index contributed by atoms with van der Waals surface area (Å²) in [4.78, 5) is 0.985. The Morgan fingerprint density at radius 3 is 2.70 bits per heavy atom. The molecule has 0 saturated heterocycles. The lowest BCUT2D eigenvalue weighted by Crippen LogP contribution is -1.88. The van der Waals surface area contributed by atoms with Gasteiger partial charge in [-0.25, -0.2) is 0 Å². The van der Waals surface area contributed by atoms with E-state index in [1.165, 1.54) is 23.3 Å². The standard InChI is InChI=1S/C5H5Cl2NS2/c1-8-10-3-2-4(6)9-5(3)7/h2,8H,1H3. The number of nitrogens with one attached hydrogen (secondary N) is 1. The summed E-state index contributed by atoms with van der Waals surface area (Å²) in [6, 6.07) is 1.84. The van der Waals surface area contributed by atoms with Crippen molar-refractivity contribution in [1.82, 2.24) is 4.72 Å². The van der Waals surface area contributed by atoms with Crippen LogP contribution in [0.2, 0.25) is 8.67 Å². The third kappa shape index (κ3) is 2.04. The van der Waals surface area contributed by atoms with E-state index < -0.39 is 0 Å². The maximum absolute atomic E-state index is 5.80. The molecule has 0 fully saturated rings. The molecule has 1 heterocycles. The quantitative estimate of drug-likeness (QED) is 0.758. The number of rotatable bonds is 2. The molecule has 0 aliphatic heterocycles. The molecule has 0 unspecified atom stereocenters. The predicted molar refractivity (Wildman–Crippen MR) is 49.3 cm³/mol. The number of hydrogen-bond acceptors (Lipinski definition) is 3. The van der Waals surface area contributed by atoms with Crippen LogP contribution in [-0.2, 0) is 0 Å². The Balaban J connectivity index is 2.81. The first-order chi connectivity index (χ1) is 4.74. The van der Waals surface area contributed by atoms with Gasteiger partial charge in [-0.2, -0.15) is 0 Å². The molecule has 0 atom stereocenters. The molecule has 1 N–H and O–H groups in total. The summed E-state index contributed by atoms with van der Waals surface area (Å²) in [5.41, 5.74) is 0. The van der Waals surface area contributed by atoms with E-state index >= 15 is 0 Å². The van der Waals surface area contributed by atoms with E-state index in [4.69, 9.17) is 23.2 Å². The van der Waals surface area contributed by atoms with Crippen molar-refractivity contribution in [3.8, 4) is 0 Å². The summed E-state index contributed by atoms with van der Waals surface area (Å²) in [5.74, 6) is 0. The first-order valence-electron chi connectivity index (χ1n) is 2.52. The van der Waals surface area contributed by atoms with Gasteiger partial charge in [0.25, 0.3) is 0 Å². The highest BCUT2D eigenvalue weighted by Gasteiger charge is 2.04. The van der Waals surface area contributed by atoms with Crippen molar-refractivity contribution in [3.63, 3.8) is 0 Å². The molecule has 5 heteroatoms. The Bertz CT molecular complexity index is 223. The molecule has 1 aromatic rings. The van der Waals surface area contributed by atoms with E-state index in [2.05, 4.69) is 4.72 Å². The van der Waals surface area contributed by atoms with Crippen molar-refractivity contribution < 1.29 is 0 Å². The van der Waals surface area contributed by atoms with E-state index in [1.54, 1.807) is 0 Å². The predicted octanol–water partition coefficient (Wildman–Crippen LogP) is 3.28. The van der Waals surface area contributed by atoms with E-state index in [-0.39, 0.29) is 0 Å². The lowest BCUT2D eigenvalue weighted by molar-refractivity contribution is 1.29. The zero-order valence-corrected chi connectivity index (χ0v) is 8.29. The molecule has 0 radical (unpaired) electrons. The third-order valence-corrected chi connectivity index (χ3v) is 3.31. The fourth-order valence-electron chi connectivity index (χ4n) is 0.505. The highest BCUT2D eigenvalue weighted by atomic mass is 35.5. The Kier molecular flexibility index (Phi) is 3.33. The molecule has 0 aliphatic rings. The van der Waals surface area contributed by atoms with Crippen LogP contribution in [0.4, 0.5) is 0 Å². The molecule has 0 spiro atoms. The molecule has 0 aromatic carbocycles.